The molecular formula is C15H19FN4. The SMILES string of the molecule is CCc1c(N2CCNCC2)cnn1-c1ccc(F)cc1. The standard InChI is InChI=1S/C15H19FN4/c1-2-14-15(19-9-7-17-8-10-19)11-18-20(14)13-5-3-12(16)4-6-13/h3-6,11,17H,2,7-10H2,1H3. The molecule has 106 valence electrons. The molecule has 0 unspecified atom stereocenters. The van der Waals surface area contributed by atoms with E-state index in [1.54, 1.807) is 12.1 Å². The van der Waals surface area contributed by atoms with E-state index >= 15 is 0 Å². The lowest BCUT2D eigenvalue weighted by Crippen LogP contribution is -2.43. The van der Waals surface area contributed by atoms with Gasteiger partial charge in [-0.1, -0.05) is 6.92 Å². The normalized spacial score (nSPS) is 15.6. The molecule has 1 aromatic carbocycles. The van der Waals surface area contributed by atoms with Crippen LogP contribution in [0.15, 0.2) is 30.5 Å². The minimum Gasteiger partial charge on any atom is -0.366 e. The van der Waals surface area contributed by atoms with Crippen LogP contribution in [0.3, 0.4) is 0 Å². The van der Waals surface area contributed by atoms with Crippen molar-refractivity contribution in [3.63, 3.8) is 0 Å². The molecule has 1 saturated heterocycles. The highest BCUT2D eigenvalue weighted by atomic mass is 19.1. The fourth-order valence-electron chi connectivity index (χ4n) is 2.67. The van der Waals surface area contributed by atoms with Gasteiger partial charge in [0.25, 0.3) is 0 Å². The largest absolute Gasteiger partial charge is 0.366 e. The maximum absolute atomic E-state index is 13.0. The van der Waals surface area contributed by atoms with Crippen LogP contribution in [0.4, 0.5) is 10.1 Å². The molecule has 0 aliphatic carbocycles. The maximum Gasteiger partial charge on any atom is 0.123 e. The van der Waals surface area contributed by atoms with Crippen molar-refractivity contribution in [1.82, 2.24) is 15.1 Å². The van der Waals surface area contributed by atoms with Crippen LogP contribution in [0, 0.1) is 5.82 Å². The van der Waals surface area contributed by atoms with E-state index < -0.39 is 0 Å². The molecule has 2 aromatic rings. The Morgan fingerprint density at radius 2 is 1.90 bits per heavy atom. The first-order valence-corrected chi connectivity index (χ1v) is 7.08. The van der Waals surface area contributed by atoms with Crippen molar-refractivity contribution in [2.24, 2.45) is 0 Å². The van der Waals surface area contributed by atoms with Crippen LogP contribution in [0.2, 0.25) is 0 Å². The molecule has 1 aromatic heterocycles. The molecule has 4 nitrogen and oxygen atoms in total. The summed E-state index contributed by atoms with van der Waals surface area (Å²) in [5.74, 6) is -0.221. The smallest absolute Gasteiger partial charge is 0.123 e. The third-order valence-corrected chi connectivity index (χ3v) is 3.71. The molecule has 0 atom stereocenters. The lowest BCUT2D eigenvalue weighted by atomic mass is 10.2. The predicted molar refractivity (Wildman–Crippen MR) is 78.0 cm³/mol. The number of hydrogen-bond donors (Lipinski definition) is 1. The fourth-order valence-corrected chi connectivity index (χ4v) is 2.67. The molecule has 0 saturated carbocycles. The van der Waals surface area contributed by atoms with Crippen molar-refractivity contribution in [3.05, 3.63) is 42.0 Å². The van der Waals surface area contributed by atoms with Crippen LogP contribution < -0.4 is 10.2 Å². The first-order valence-electron chi connectivity index (χ1n) is 7.08. The molecule has 1 N–H and O–H groups in total. The number of nitrogens with one attached hydrogen (secondary N) is 1. The summed E-state index contributed by atoms with van der Waals surface area (Å²) >= 11 is 0. The molecule has 0 amide bonds. The van der Waals surface area contributed by atoms with Gasteiger partial charge in [-0.3, -0.25) is 0 Å². The minimum absolute atomic E-state index is 0.221. The van der Waals surface area contributed by atoms with Gasteiger partial charge in [0.2, 0.25) is 0 Å². The molecule has 2 heterocycles. The molecule has 5 heteroatoms. The third-order valence-electron chi connectivity index (χ3n) is 3.71. The highest BCUT2D eigenvalue weighted by Crippen LogP contribution is 2.24. The number of halogens is 1. The Hall–Kier alpha value is -1.88. The third kappa shape index (κ3) is 2.41. The van der Waals surface area contributed by atoms with Gasteiger partial charge >= 0.3 is 0 Å². The summed E-state index contributed by atoms with van der Waals surface area (Å²) in [5, 5.41) is 7.85. The zero-order chi connectivity index (χ0) is 13.9. The van der Waals surface area contributed by atoms with Crippen molar-refractivity contribution < 1.29 is 4.39 Å². The highest BCUT2D eigenvalue weighted by Gasteiger charge is 2.18. The molecule has 0 bridgehead atoms. The monoisotopic (exact) mass is 274 g/mol. The van der Waals surface area contributed by atoms with E-state index in [2.05, 4.69) is 22.2 Å². The quantitative estimate of drug-likeness (QED) is 0.929. The lowest BCUT2D eigenvalue weighted by molar-refractivity contribution is 0.587. The molecule has 1 fully saturated rings. The fraction of sp³-hybridized carbons (Fsp3) is 0.400. The number of piperazine rings is 1. The second kappa shape index (κ2) is 5.63. The molecule has 20 heavy (non-hydrogen) atoms. The van der Waals surface area contributed by atoms with Gasteiger partial charge in [-0.25, -0.2) is 9.07 Å². The Bertz CT molecular complexity index is 570. The number of rotatable bonds is 3. The molecule has 0 spiro atoms. The Morgan fingerprint density at radius 3 is 2.55 bits per heavy atom. The zero-order valence-corrected chi connectivity index (χ0v) is 11.6. The van der Waals surface area contributed by atoms with Crippen LogP contribution in [0.1, 0.15) is 12.6 Å². The summed E-state index contributed by atoms with van der Waals surface area (Å²) in [6.07, 6.45) is 2.82. The first-order chi connectivity index (χ1) is 9.79. The van der Waals surface area contributed by atoms with E-state index in [-0.39, 0.29) is 5.82 Å². The average molecular weight is 274 g/mol. The zero-order valence-electron chi connectivity index (χ0n) is 11.6. The second-order valence-electron chi connectivity index (χ2n) is 4.96. The van der Waals surface area contributed by atoms with E-state index in [4.69, 9.17) is 0 Å². The number of aromatic nitrogens is 2. The second-order valence-corrected chi connectivity index (χ2v) is 4.96. The molecule has 1 aliphatic rings. The summed E-state index contributed by atoms with van der Waals surface area (Å²) < 4.78 is 14.9. The van der Waals surface area contributed by atoms with Gasteiger partial charge in [-0.2, -0.15) is 5.10 Å². The van der Waals surface area contributed by atoms with E-state index in [0.29, 0.717) is 0 Å². The lowest BCUT2D eigenvalue weighted by Gasteiger charge is -2.29. The van der Waals surface area contributed by atoms with Crippen LogP contribution in [0.5, 0.6) is 0 Å². The summed E-state index contributed by atoms with van der Waals surface area (Å²) in [4.78, 5) is 2.36. The van der Waals surface area contributed by atoms with Crippen molar-refractivity contribution in [1.29, 1.82) is 0 Å². The Labute approximate surface area is 118 Å². The van der Waals surface area contributed by atoms with Crippen LogP contribution in [0.25, 0.3) is 5.69 Å². The van der Waals surface area contributed by atoms with Gasteiger partial charge < -0.3 is 10.2 Å². The Kier molecular flexibility index (Phi) is 3.69. The van der Waals surface area contributed by atoms with Crippen molar-refractivity contribution in [3.8, 4) is 5.69 Å². The summed E-state index contributed by atoms with van der Waals surface area (Å²) in [6.45, 7) is 6.14. The molecule has 1 aliphatic heterocycles. The van der Waals surface area contributed by atoms with Gasteiger partial charge in [0.05, 0.1) is 23.3 Å². The molecule has 3 rings (SSSR count). The number of anilines is 1. The summed E-state index contributed by atoms with van der Waals surface area (Å²) in [6, 6.07) is 6.48. The van der Waals surface area contributed by atoms with Crippen LogP contribution >= 0.6 is 0 Å². The highest BCUT2D eigenvalue weighted by molar-refractivity contribution is 5.53. The van der Waals surface area contributed by atoms with Gasteiger partial charge in [0, 0.05) is 26.2 Å². The van der Waals surface area contributed by atoms with Gasteiger partial charge in [0.1, 0.15) is 5.82 Å². The Morgan fingerprint density at radius 1 is 1.20 bits per heavy atom. The van der Waals surface area contributed by atoms with Gasteiger partial charge in [-0.05, 0) is 30.7 Å². The van der Waals surface area contributed by atoms with Crippen molar-refractivity contribution in [2.75, 3.05) is 31.1 Å². The topological polar surface area (TPSA) is 33.1 Å². The van der Waals surface area contributed by atoms with Crippen LogP contribution in [-0.4, -0.2) is 36.0 Å². The van der Waals surface area contributed by atoms with Gasteiger partial charge in [-0.15, -0.1) is 0 Å². The number of benzene rings is 1. The number of hydrogen-bond acceptors (Lipinski definition) is 3. The predicted octanol–water partition coefficient (Wildman–Crippen LogP) is 1.98. The van der Waals surface area contributed by atoms with E-state index in [1.165, 1.54) is 23.5 Å². The average Bonchev–Trinajstić information content (AvgIpc) is 2.93. The van der Waals surface area contributed by atoms with Gasteiger partial charge in [0.15, 0.2) is 0 Å². The van der Waals surface area contributed by atoms with E-state index in [0.717, 1.165) is 38.3 Å². The minimum atomic E-state index is -0.221. The maximum atomic E-state index is 13.0. The molecular weight excluding hydrogens is 255 g/mol. The van der Waals surface area contributed by atoms with Crippen molar-refractivity contribution in [2.45, 2.75) is 13.3 Å². The van der Waals surface area contributed by atoms with Crippen molar-refractivity contribution >= 4 is 5.69 Å². The van der Waals surface area contributed by atoms with E-state index in [1.807, 2.05) is 10.9 Å². The number of nitrogens with zero attached hydrogens (tertiary/aromatic N) is 3. The Balaban J connectivity index is 1.96. The molecule has 0 radical (unpaired) electrons. The first kappa shape index (κ1) is 13.1. The van der Waals surface area contributed by atoms with E-state index in [9.17, 15) is 4.39 Å². The summed E-state index contributed by atoms with van der Waals surface area (Å²) in [7, 11) is 0. The summed E-state index contributed by atoms with van der Waals surface area (Å²) in [5.41, 5.74) is 3.28. The van der Waals surface area contributed by atoms with Crippen LogP contribution in [-0.2, 0) is 6.42 Å².